The second-order valence-electron chi connectivity index (χ2n) is 3.05. The number of carbonyl (C=O) groups excluding carboxylic acids is 1. The first-order valence-corrected chi connectivity index (χ1v) is 6.29. The van der Waals surface area contributed by atoms with E-state index in [0.717, 1.165) is 6.92 Å². The number of hydrogen-bond donors (Lipinski definition) is 2. The second-order valence-corrected chi connectivity index (χ2v) is 4.64. The molecule has 0 radical (unpaired) electrons. The molecule has 0 aromatic heterocycles. The summed E-state index contributed by atoms with van der Waals surface area (Å²) in [5, 5.41) is 17.7. The van der Waals surface area contributed by atoms with Gasteiger partial charge in [-0.2, -0.15) is 8.42 Å². The molecule has 0 heterocycles. The van der Waals surface area contributed by atoms with Crippen molar-refractivity contribution in [3.8, 4) is 11.8 Å². The summed E-state index contributed by atoms with van der Waals surface area (Å²) in [6.45, 7) is 0.878. The summed E-state index contributed by atoms with van der Waals surface area (Å²) in [4.78, 5) is 14.1. The second kappa shape index (κ2) is 8.03. The van der Waals surface area contributed by atoms with Gasteiger partial charge in [0, 0.05) is 19.8 Å². The lowest BCUT2D eigenvalue weighted by atomic mass is 10.3. The third-order valence-electron chi connectivity index (χ3n) is 1.35. The van der Waals surface area contributed by atoms with Crippen molar-refractivity contribution in [3.63, 3.8) is 0 Å². The van der Waals surface area contributed by atoms with E-state index in [0.29, 0.717) is 0 Å². The van der Waals surface area contributed by atoms with E-state index in [1.54, 1.807) is 0 Å². The maximum atomic E-state index is 11.1. The van der Waals surface area contributed by atoms with Crippen LogP contribution in [0.3, 0.4) is 0 Å². The average Bonchev–Trinajstić information content (AvgIpc) is 2.21. The molecule has 0 saturated heterocycles. The fraction of sp³-hybridized carbons (Fsp3) is 0.667. The van der Waals surface area contributed by atoms with E-state index in [9.17, 15) is 18.3 Å². The van der Waals surface area contributed by atoms with Gasteiger partial charge in [-0.15, -0.1) is 11.8 Å². The molecule has 0 aliphatic carbocycles. The summed E-state index contributed by atoms with van der Waals surface area (Å²) in [7, 11) is -4.13. The Kier molecular flexibility index (Phi) is 7.49. The fourth-order valence-electron chi connectivity index (χ4n) is 0.756. The van der Waals surface area contributed by atoms with Gasteiger partial charge in [-0.3, -0.25) is 4.89 Å². The molecule has 0 rings (SSSR count). The topological polar surface area (TPSA) is 110 Å². The summed E-state index contributed by atoms with van der Waals surface area (Å²) in [6.07, 6.45) is -1.08. The van der Waals surface area contributed by atoms with E-state index < -0.39 is 27.9 Å². The van der Waals surface area contributed by atoms with Gasteiger partial charge in [0.1, 0.15) is 5.75 Å². The minimum atomic E-state index is -4.13. The zero-order chi connectivity index (χ0) is 13.3. The first kappa shape index (κ1) is 15.9. The largest absolute Gasteiger partial charge is 0.395 e. The van der Waals surface area contributed by atoms with Crippen LogP contribution in [0.5, 0.6) is 0 Å². The van der Waals surface area contributed by atoms with Crippen LogP contribution in [-0.2, 0) is 24.1 Å². The Labute approximate surface area is 99.4 Å². The summed E-state index contributed by atoms with van der Waals surface area (Å²) in [5.41, 5.74) is 0. The summed E-state index contributed by atoms with van der Waals surface area (Å²) >= 11 is 0. The number of aliphatic hydroxyl groups excluding tert-OH is 2. The molecular weight excluding hydrogens is 252 g/mol. The van der Waals surface area contributed by atoms with Crippen LogP contribution in [0.4, 0.5) is 0 Å². The standard InChI is InChI=1S/C9H14O7S/c1-8(11)15-16-17(13,14)7-9(12)5-3-2-4-6-10/h9-10,12H,4-7H2,1H3. The van der Waals surface area contributed by atoms with Crippen molar-refractivity contribution < 1.29 is 32.6 Å². The molecule has 0 spiro atoms. The van der Waals surface area contributed by atoms with Crippen LogP contribution in [0, 0.1) is 11.8 Å². The Morgan fingerprint density at radius 3 is 2.59 bits per heavy atom. The van der Waals surface area contributed by atoms with Gasteiger partial charge >= 0.3 is 16.1 Å². The van der Waals surface area contributed by atoms with Gasteiger partial charge in [-0.25, -0.2) is 4.79 Å². The molecular formula is C9H14O7S. The first-order chi connectivity index (χ1) is 7.87. The highest BCUT2D eigenvalue weighted by Crippen LogP contribution is 2.01. The van der Waals surface area contributed by atoms with Gasteiger partial charge in [0.05, 0.1) is 12.7 Å². The molecule has 98 valence electrons. The SMILES string of the molecule is CC(=O)OOS(=O)(=O)CC(O)CC#CCCO. The molecule has 0 fully saturated rings. The smallest absolute Gasteiger partial charge is 0.340 e. The molecule has 17 heavy (non-hydrogen) atoms. The fourth-order valence-corrected chi connectivity index (χ4v) is 1.60. The first-order valence-electron chi connectivity index (χ1n) is 4.71. The van der Waals surface area contributed by atoms with Crippen molar-refractivity contribution in [2.24, 2.45) is 0 Å². The van der Waals surface area contributed by atoms with Gasteiger partial charge in [0.2, 0.25) is 0 Å². The van der Waals surface area contributed by atoms with Crippen LogP contribution < -0.4 is 0 Å². The molecule has 1 atom stereocenters. The minimum absolute atomic E-state index is 0.0807. The van der Waals surface area contributed by atoms with Crippen LogP contribution in [0.2, 0.25) is 0 Å². The molecule has 0 aliphatic heterocycles. The van der Waals surface area contributed by atoms with E-state index in [-0.39, 0.29) is 19.4 Å². The lowest BCUT2D eigenvalue weighted by Crippen LogP contribution is -2.23. The highest BCUT2D eigenvalue weighted by molar-refractivity contribution is 7.86. The van der Waals surface area contributed by atoms with E-state index >= 15 is 0 Å². The van der Waals surface area contributed by atoms with Crippen molar-refractivity contribution in [2.45, 2.75) is 25.9 Å². The number of carbonyl (C=O) groups is 1. The van der Waals surface area contributed by atoms with E-state index in [4.69, 9.17) is 5.11 Å². The summed E-state index contributed by atoms with van der Waals surface area (Å²) in [5.74, 6) is 3.37. The Morgan fingerprint density at radius 1 is 1.41 bits per heavy atom. The highest BCUT2D eigenvalue weighted by atomic mass is 32.2. The molecule has 0 amide bonds. The van der Waals surface area contributed by atoms with Crippen LogP contribution in [0.1, 0.15) is 19.8 Å². The Bertz CT molecular complexity index is 389. The number of aliphatic hydroxyl groups is 2. The van der Waals surface area contributed by atoms with Crippen LogP contribution >= 0.6 is 0 Å². The highest BCUT2D eigenvalue weighted by Gasteiger charge is 2.19. The zero-order valence-electron chi connectivity index (χ0n) is 9.25. The van der Waals surface area contributed by atoms with Crippen LogP contribution in [-0.4, -0.2) is 43.1 Å². The Hall–Kier alpha value is -1.14. The van der Waals surface area contributed by atoms with Gasteiger partial charge in [-0.05, 0) is 0 Å². The molecule has 1 unspecified atom stereocenters. The third kappa shape index (κ3) is 9.77. The summed E-state index contributed by atoms with van der Waals surface area (Å²) in [6, 6.07) is 0. The van der Waals surface area contributed by atoms with E-state index in [1.165, 1.54) is 0 Å². The molecule has 8 heteroatoms. The lowest BCUT2D eigenvalue weighted by molar-refractivity contribution is -0.208. The van der Waals surface area contributed by atoms with Crippen molar-refractivity contribution in [1.29, 1.82) is 0 Å². The quantitative estimate of drug-likeness (QED) is 0.358. The number of hydrogen-bond acceptors (Lipinski definition) is 7. The Balaban J connectivity index is 4.06. The maximum absolute atomic E-state index is 11.1. The van der Waals surface area contributed by atoms with Gasteiger partial charge < -0.3 is 10.2 Å². The van der Waals surface area contributed by atoms with E-state index in [2.05, 4.69) is 21.1 Å². The van der Waals surface area contributed by atoms with Crippen molar-refractivity contribution in [2.75, 3.05) is 12.4 Å². The number of rotatable bonds is 6. The van der Waals surface area contributed by atoms with Gasteiger partial charge in [0.15, 0.2) is 0 Å². The van der Waals surface area contributed by atoms with Crippen molar-refractivity contribution >= 4 is 16.1 Å². The lowest BCUT2D eigenvalue weighted by Gasteiger charge is -2.06. The molecule has 2 N–H and O–H groups in total. The van der Waals surface area contributed by atoms with Crippen LogP contribution in [0.15, 0.2) is 0 Å². The molecule has 0 aromatic carbocycles. The van der Waals surface area contributed by atoms with E-state index in [1.807, 2.05) is 0 Å². The zero-order valence-corrected chi connectivity index (χ0v) is 10.1. The van der Waals surface area contributed by atoms with Crippen LogP contribution in [0.25, 0.3) is 0 Å². The minimum Gasteiger partial charge on any atom is -0.395 e. The molecule has 7 nitrogen and oxygen atoms in total. The Morgan fingerprint density at radius 2 is 2.06 bits per heavy atom. The molecule has 0 bridgehead atoms. The third-order valence-corrected chi connectivity index (χ3v) is 2.42. The van der Waals surface area contributed by atoms with Crippen molar-refractivity contribution in [1.82, 2.24) is 0 Å². The molecule has 0 aliphatic rings. The molecule has 0 saturated carbocycles. The normalized spacial score (nSPS) is 12.4. The summed E-state index contributed by atoms with van der Waals surface area (Å²) < 4.78 is 26.0. The van der Waals surface area contributed by atoms with Gasteiger partial charge in [0.25, 0.3) is 0 Å². The predicted molar refractivity (Wildman–Crippen MR) is 56.7 cm³/mol. The van der Waals surface area contributed by atoms with Crippen molar-refractivity contribution in [3.05, 3.63) is 0 Å². The molecule has 0 aromatic rings. The maximum Gasteiger partial charge on any atom is 0.340 e. The average molecular weight is 266 g/mol. The van der Waals surface area contributed by atoms with Gasteiger partial charge in [-0.1, -0.05) is 4.33 Å². The monoisotopic (exact) mass is 266 g/mol. The predicted octanol–water partition coefficient (Wildman–Crippen LogP) is -1.05.